The van der Waals surface area contributed by atoms with E-state index in [0.29, 0.717) is 45.7 Å². The van der Waals surface area contributed by atoms with Crippen LogP contribution in [-0.2, 0) is 0 Å². The van der Waals surface area contributed by atoms with Crippen LogP contribution in [0.4, 0.5) is 0 Å². The summed E-state index contributed by atoms with van der Waals surface area (Å²) in [6, 6.07) is 21.5. The average Bonchev–Trinajstić information content (AvgIpc) is 3.51. The first-order valence-corrected chi connectivity index (χ1v) is 25.9. The monoisotopic (exact) mass is 792 g/mol. The molecule has 4 rings (SSSR count). The fourth-order valence-electron chi connectivity index (χ4n) is 9.07. The first kappa shape index (κ1) is 44.5. The van der Waals surface area contributed by atoms with Gasteiger partial charge in [0.15, 0.2) is 0 Å². The van der Waals surface area contributed by atoms with Crippen molar-refractivity contribution in [2.45, 2.75) is 172 Å². The zero-order valence-corrected chi connectivity index (χ0v) is 40.5. The average molecular weight is 790 g/mol. The number of allylic oxidation sites excluding steroid dienone is 2. The molecule has 0 spiro atoms. The molecule has 2 aromatic rings. The Bertz CT molecular complexity index is 1110. The molecule has 2 aliphatic heterocycles. The van der Waals surface area contributed by atoms with Crippen molar-refractivity contribution in [3.63, 3.8) is 0 Å². The summed E-state index contributed by atoms with van der Waals surface area (Å²) in [6.07, 6.45) is 2.38. The molecule has 260 valence electrons. The maximum atomic E-state index is 2.40. The van der Waals surface area contributed by atoms with Gasteiger partial charge in [0.05, 0.1) is 17.6 Å². The van der Waals surface area contributed by atoms with Crippen LogP contribution < -0.4 is 0 Å². The molecule has 0 fully saturated rings. The van der Waals surface area contributed by atoms with Gasteiger partial charge in [-0.1, -0.05) is 125 Å². The van der Waals surface area contributed by atoms with E-state index >= 15 is 0 Å². The van der Waals surface area contributed by atoms with Crippen LogP contribution in [0.3, 0.4) is 0 Å². The molecule has 0 saturated carbocycles. The molecule has 2 aromatic carbocycles. The van der Waals surface area contributed by atoms with E-state index in [0.717, 1.165) is 0 Å². The maximum absolute atomic E-state index is 2.40. The molecule has 0 saturated heterocycles. The predicted octanol–water partition coefficient (Wildman–Crippen LogP) is 14.5. The Morgan fingerprint density at radius 1 is 0.447 bits per heavy atom. The molecule has 0 unspecified atom stereocenters. The third-order valence-corrected chi connectivity index (χ3v) is 22.6. The summed E-state index contributed by atoms with van der Waals surface area (Å²) in [4.78, 5) is 0. The van der Waals surface area contributed by atoms with E-state index in [1.54, 1.807) is 14.4 Å². The fourth-order valence-corrected chi connectivity index (χ4v) is 27.3. The molecule has 6 radical (unpaired) electrons. The van der Waals surface area contributed by atoms with Gasteiger partial charge in [-0.25, -0.2) is 0 Å². The first-order valence-electron chi connectivity index (χ1n) is 17.8. The molecule has 2 aliphatic rings. The SMILES string of the molecule is CC(C)(C)[Si](C(C)(C)C)C(C)(C)C.CC(C)(C)[Si](C(C)(C)C)C(C)(C)C.CC1=C[CH2][Ge][CH2]1.c1ccc([C]2=[C](c3ccccc3)[Ge]2)cc1. The molecule has 0 aliphatic carbocycles. The normalized spacial score (nSPS) is 15.6. The van der Waals surface area contributed by atoms with Crippen molar-refractivity contribution in [1.82, 2.24) is 0 Å². The number of hydrogen-bond acceptors (Lipinski definition) is 0. The standard InChI is InChI=1S/C14H10Ge.2C12H27Si.C5H8Ge/c1-3-7-11(8-4-1)13-14(15-13)12-9-5-2-6-10-12;2*1-10(2,3)13(11(4,5)6)12(7,8)9;1-5-2-3-6-4-5/h1-10H;2*1-9H3;2H,3-4H2,1H3. The van der Waals surface area contributed by atoms with Crippen LogP contribution in [0, 0.1) is 0 Å². The molecule has 0 aromatic heterocycles. The molecule has 0 amide bonds. The molecule has 0 atom stereocenters. The van der Waals surface area contributed by atoms with E-state index in [2.05, 4.69) is 198 Å². The van der Waals surface area contributed by atoms with Crippen LogP contribution in [0.1, 0.15) is 143 Å². The van der Waals surface area contributed by atoms with Crippen molar-refractivity contribution in [3.05, 3.63) is 83.4 Å². The molecule has 2 heterocycles. The summed E-state index contributed by atoms with van der Waals surface area (Å²) in [5.41, 5.74) is 4.49. The Morgan fingerprint density at radius 2 is 0.723 bits per heavy atom. The zero-order chi connectivity index (χ0) is 36.6. The fraction of sp³-hybridized carbons (Fsp3) is 0.628. The Balaban J connectivity index is 0.000000325. The van der Waals surface area contributed by atoms with Crippen molar-refractivity contribution >= 4 is 57.3 Å². The second-order valence-electron chi connectivity index (χ2n) is 19.5. The molecule has 47 heavy (non-hydrogen) atoms. The van der Waals surface area contributed by atoms with Gasteiger partial charge >= 0.3 is 141 Å². The van der Waals surface area contributed by atoms with Gasteiger partial charge in [-0.2, -0.15) is 0 Å². The van der Waals surface area contributed by atoms with E-state index in [-0.39, 0.29) is 15.4 Å². The van der Waals surface area contributed by atoms with Crippen LogP contribution in [-0.4, -0.2) is 48.5 Å². The van der Waals surface area contributed by atoms with E-state index in [1.807, 2.05) is 0 Å². The molecule has 0 N–H and O–H groups in total. The second-order valence-corrected chi connectivity index (χ2v) is 35.3. The topological polar surface area (TPSA) is 0 Å². The number of benzene rings is 2. The summed E-state index contributed by atoms with van der Waals surface area (Å²) >= 11 is 0.555. The summed E-state index contributed by atoms with van der Waals surface area (Å²) in [7, 11) is -0.782. The van der Waals surface area contributed by atoms with Crippen LogP contribution in [0.25, 0.3) is 8.81 Å². The van der Waals surface area contributed by atoms with Gasteiger partial charge in [-0.05, 0) is 30.2 Å². The number of hydrogen-bond donors (Lipinski definition) is 0. The summed E-state index contributed by atoms with van der Waals surface area (Å²) in [5.74, 6) is 0. The van der Waals surface area contributed by atoms with Crippen LogP contribution in [0.15, 0.2) is 72.3 Å². The van der Waals surface area contributed by atoms with Gasteiger partial charge in [-0.3, -0.25) is 0 Å². The summed E-state index contributed by atoms with van der Waals surface area (Å²) < 4.78 is 3.25. The van der Waals surface area contributed by atoms with Crippen molar-refractivity contribution in [2.24, 2.45) is 0 Å². The van der Waals surface area contributed by atoms with Gasteiger partial charge < -0.3 is 0 Å². The van der Waals surface area contributed by atoms with E-state index < -0.39 is 17.6 Å². The van der Waals surface area contributed by atoms with Crippen molar-refractivity contribution < 1.29 is 0 Å². The Morgan fingerprint density at radius 3 is 0.872 bits per heavy atom. The van der Waals surface area contributed by atoms with Crippen molar-refractivity contribution in [1.29, 1.82) is 0 Å². The summed E-state index contributed by atoms with van der Waals surface area (Å²) in [5, 5.41) is 5.85. The quantitative estimate of drug-likeness (QED) is 0.210. The van der Waals surface area contributed by atoms with E-state index in [9.17, 15) is 0 Å². The van der Waals surface area contributed by atoms with Gasteiger partial charge in [0.25, 0.3) is 0 Å². The minimum absolute atomic E-state index is 0.0530. The molecular weight excluding hydrogens is 718 g/mol. The first-order chi connectivity index (χ1) is 21.1. The van der Waals surface area contributed by atoms with Crippen LogP contribution >= 0.6 is 0 Å². The zero-order valence-electron chi connectivity index (χ0n) is 34.3. The third kappa shape index (κ3) is 16.3. The van der Waals surface area contributed by atoms with Gasteiger partial charge in [0.1, 0.15) is 0 Å². The predicted molar refractivity (Wildman–Crippen MR) is 224 cm³/mol. The van der Waals surface area contributed by atoms with E-state index in [4.69, 9.17) is 0 Å². The van der Waals surface area contributed by atoms with Gasteiger partial charge in [0, 0.05) is 0 Å². The Hall–Kier alpha value is -0.561. The molecule has 0 bridgehead atoms. The Kier molecular flexibility index (Phi) is 16.6. The van der Waals surface area contributed by atoms with Gasteiger partial charge in [0.2, 0.25) is 0 Å². The second kappa shape index (κ2) is 17.6. The minimum atomic E-state index is -0.391. The van der Waals surface area contributed by atoms with Crippen molar-refractivity contribution in [3.8, 4) is 0 Å². The van der Waals surface area contributed by atoms with Crippen LogP contribution in [0.5, 0.6) is 0 Å². The molecule has 0 nitrogen and oxygen atoms in total. The van der Waals surface area contributed by atoms with Crippen LogP contribution in [0.2, 0.25) is 40.7 Å². The summed E-state index contributed by atoms with van der Waals surface area (Å²) in [6.45, 7) is 45.4. The third-order valence-electron chi connectivity index (χ3n) is 8.06. The number of rotatable bonds is 2. The van der Waals surface area contributed by atoms with E-state index in [1.165, 1.54) is 21.6 Å². The Labute approximate surface area is 311 Å². The molecule has 4 heteroatoms. The van der Waals surface area contributed by atoms with Gasteiger partial charge in [-0.15, -0.1) is 0 Å². The molecular formula is C43H72Ge2Si2. The van der Waals surface area contributed by atoms with Crippen molar-refractivity contribution in [2.75, 3.05) is 0 Å².